The fourth-order valence-corrected chi connectivity index (χ4v) is 3.92. The van der Waals surface area contributed by atoms with Crippen LogP contribution in [0.4, 0.5) is 4.79 Å². The van der Waals surface area contributed by atoms with Gasteiger partial charge >= 0.3 is 0 Å². The standard InChI is InChI=1S/C18H24OS2/c1-5-18(4,13-9-10-15(2)3)21-17(19)20-14-16-11-7-6-8-12-16/h5-8,10-12H,1,9,13-14H2,2-4H3/t18-/m1/s1. The Kier molecular flexibility index (Phi) is 7.91. The Morgan fingerprint density at radius 2 is 1.95 bits per heavy atom. The van der Waals surface area contributed by atoms with Crippen LogP contribution in [0.15, 0.2) is 54.6 Å². The van der Waals surface area contributed by atoms with Gasteiger partial charge in [0.05, 0.1) is 0 Å². The van der Waals surface area contributed by atoms with E-state index in [4.69, 9.17) is 0 Å². The van der Waals surface area contributed by atoms with Crippen LogP contribution in [0.5, 0.6) is 0 Å². The van der Waals surface area contributed by atoms with Crippen molar-refractivity contribution in [3.05, 3.63) is 60.2 Å². The molecule has 0 spiro atoms. The summed E-state index contributed by atoms with van der Waals surface area (Å²) in [5.74, 6) is 0.730. The molecule has 1 rings (SSSR count). The minimum absolute atomic E-state index is 0.165. The highest BCUT2D eigenvalue weighted by molar-refractivity contribution is 8.38. The van der Waals surface area contributed by atoms with E-state index in [9.17, 15) is 4.79 Å². The summed E-state index contributed by atoms with van der Waals surface area (Å²) in [7, 11) is 0. The fraction of sp³-hybridized carbons (Fsp3) is 0.389. The van der Waals surface area contributed by atoms with Crippen molar-refractivity contribution in [3.8, 4) is 0 Å². The Hall–Kier alpha value is -0.930. The summed E-state index contributed by atoms with van der Waals surface area (Å²) in [6.07, 6.45) is 6.03. The SMILES string of the molecule is C=C[C@](C)(CCC=C(C)C)SC(=O)SCc1ccccc1. The molecule has 0 saturated carbocycles. The van der Waals surface area contributed by atoms with Crippen molar-refractivity contribution in [2.24, 2.45) is 0 Å². The first kappa shape index (κ1) is 18.1. The lowest BCUT2D eigenvalue weighted by atomic mass is 10.0. The summed E-state index contributed by atoms with van der Waals surface area (Å²) in [5.41, 5.74) is 2.50. The van der Waals surface area contributed by atoms with Gasteiger partial charge in [-0.3, -0.25) is 4.79 Å². The molecule has 1 aromatic rings. The third kappa shape index (κ3) is 7.58. The molecule has 3 heteroatoms. The summed E-state index contributed by atoms with van der Waals surface area (Å²) in [5, 5.41) is 0. The van der Waals surface area contributed by atoms with Crippen LogP contribution in [0.2, 0.25) is 0 Å². The van der Waals surface area contributed by atoms with Gasteiger partial charge < -0.3 is 0 Å². The van der Waals surface area contributed by atoms with Crippen LogP contribution < -0.4 is 0 Å². The topological polar surface area (TPSA) is 17.1 Å². The molecular weight excluding hydrogens is 296 g/mol. The maximum Gasteiger partial charge on any atom is 0.247 e. The molecule has 1 nitrogen and oxygen atoms in total. The Morgan fingerprint density at radius 1 is 1.29 bits per heavy atom. The van der Waals surface area contributed by atoms with Crippen molar-refractivity contribution in [3.63, 3.8) is 0 Å². The predicted molar refractivity (Wildman–Crippen MR) is 98.0 cm³/mol. The molecule has 0 amide bonds. The normalized spacial score (nSPS) is 13.3. The monoisotopic (exact) mass is 320 g/mol. The van der Waals surface area contributed by atoms with Crippen LogP contribution >= 0.6 is 23.5 Å². The van der Waals surface area contributed by atoms with E-state index in [1.165, 1.54) is 34.7 Å². The summed E-state index contributed by atoms with van der Waals surface area (Å²) < 4.78 is -0.0225. The third-order valence-electron chi connectivity index (χ3n) is 3.14. The molecule has 0 saturated heterocycles. The van der Waals surface area contributed by atoms with Gasteiger partial charge in [0, 0.05) is 10.5 Å². The number of hydrogen-bond donors (Lipinski definition) is 0. The van der Waals surface area contributed by atoms with E-state index in [0.717, 1.165) is 18.6 Å². The number of rotatable bonds is 7. The molecule has 0 heterocycles. The second-order valence-corrected chi connectivity index (χ2v) is 8.18. The average molecular weight is 321 g/mol. The lowest BCUT2D eigenvalue weighted by molar-refractivity contribution is 0.276. The van der Waals surface area contributed by atoms with Gasteiger partial charge in [0.2, 0.25) is 4.45 Å². The molecular formula is C18H24OS2. The second kappa shape index (κ2) is 9.16. The number of carbonyl (C=O) groups is 1. The van der Waals surface area contributed by atoms with E-state index in [1.54, 1.807) is 0 Å². The van der Waals surface area contributed by atoms with Gasteiger partial charge in [0.1, 0.15) is 0 Å². The first-order valence-corrected chi connectivity index (χ1v) is 8.92. The highest BCUT2D eigenvalue weighted by Crippen LogP contribution is 2.36. The van der Waals surface area contributed by atoms with Crippen molar-refractivity contribution in [1.29, 1.82) is 0 Å². The van der Waals surface area contributed by atoms with Crippen LogP contribution in [-0.4, -0.2) is 9.19 Å². The van der Waals surface area contributed by atoms with Crippen LogP contribution in [0, 0.1) is 0 Å². The van der Waals surface area contributed by atoms with E-state index in [-0.39, 0.29) is 9.19 Å². The molecule has 114 valence electrons. The first-order valence-electron chi connectivity index (χ1n) is 7.12. The zero-order valence-corrected chi connectivity index (χ0v) is 14.7. The maximum absolute atomic E-state index is 12.2. The lowest BCUT2D eigenvalue weighted by Crippen LogP contribution is -2.17. The van der Waals surface area contributed by atoms with E-state index in [0.29, 0.717) is 0 Å². The molecule has 0 aromatic heterocycles. The number of benzene rings is 1. The minimum Gasteiger partial charge on any atom is -0.274 e. The number of carbonyl (C=O) groups excluding carboxylic acids is 1. The van der Waals surface area contributed by atoms with Crippen molar-refractivity contribution in [1.82, 2.24) is 0 Å². The second-order valence-electron chi connectivity index (χ2n) is 5.46. The van der Waals surface area contributed by atoms with Gasteiger partial charge in [-0.1, -0.05) is 71.6 Å². The van der Waals surface area contributed by atoms with Gasteiger partial charge in [-0.25, -0.2) is 0 Å². The highest BCUT2D eigenvalue weighted by Gasteiger charge is 2.24. The molecule has 0 aliphatic rings. The van der Waals surface area contributed by atoms with Crippen molar-refractivity contribution in [2.45, 2.75) is 44.1 Å². The zero-order valence-electron chi connectivity index (χ0n) is 13.1. The van der Waals surface area contributed by atoms with Gasteiger partial charge in [-0.2, -0.15) is 0 Å². The molecule has 0 bridgehead atoms. The van der Waals surface area contributed by atoms with Crippen molar-refractivity contribution in [2.75, 3.05) is 0 Å². The molecule has 0 radical (unpaired) electrons. The molecule has 1 atom stereocenters. The quantitative estimate of drug-likeness (QED) is 0.536. The molecule has 21 heavy (non-hydrogen) atoms. The van der Waals surface area contributed by atoms with Crippen LogP contribution in [0.25, 0.3) is 0 Å². The summed E-state index contributed by atoms with van der Waals surface area (Å²) >= 11 is 2.77. The van der Waals surface area contributed by atoms with E-state index >= 15 is 0 Å². The Bertz CT molecular complexity index is 489. The van der Waals surface area contributed by atoms with Gasteiger partial charge in [0.15, 0.2) is 0 Å². The van der Waals surface area contributed by atoms with Crippen LogP contribution in [-0.2, 0) is 5.75 Å². The van der Waals surface area contributed by atoms with E-state index in [2.05, 4.69) is 33.4 Å². The Labute approximate surface area is 137 Å². The van der Waals surface area contributed by atoms with Crippen molar-refractivity contribution >= 4 is 28.0 Å². The first-order chi connectivity index (χ1) is 9.95. The van der Waals surface area contributed by atoms with Crippen LogP contribution in [0.1, 0.15) is 39.2 Å². The van der Waals surface area contributed by atoms with Crippen molar-refractivity contribution < 1.29 is 4.79 Å². The summed E-state index contributed by atoms with van der Waals surface area (Å²) in [6, 6.07) is 10.1. The smallest absolute Gasteiger partial charge is 0.247 e. The molecule has 0 fully saturated rings. The summed E-state index contributed by atoms with van der Waals surface area (Å²) in [4.78, 5) is 12.2. The van der Waals surface area contributed by atoms with Crippen LogP contribution in [0.3, 0.4) is 0 Å². The number of allylic oxidation sites excluding steroid dienone is 2. The molecule has 1 aromatic carbocycles. The average Bonchev–Trinajstić information content (AvgIpc) is 2.46. The van der Waals surface area contributed by atoms with Gasteiger partial charge in [-0.05, 0) is 39.2 Å². The van der Waals surface area contributed by atoms with E-state index < -0.39 is 0 Å². The maximum atomic E-state index is 12.2. The third-order valence-corrected chi connectivity index (χ3v) is 5.46. The molecule has 0 unspecified atom stereocenters. The predicted octanol–water partition coefficient (Wildman–Crippen LogP) is 6.46. The van der Waals surface area contributed by atoms with E-state index in [1.807, 2.05) is 36.4 Å². The molecule has 0 N–H and O–H groups in total. The number of hydrogen-bond acceptors (Lipinski definition) is 3. The molecule has 0 aliphatic heterocycles. The number of thioether (sulfide) groups is 2. The fourth-order valence-electron chi connectivity index (χ4n) is 1.78. The largest absolute Gasteiger partial charge is 0.274 e. The Balaban J connectivity index is 2.46. The Morgan fingerprint density at radius 3 is 2.52 bits per heavy atom. The highest BCUT2D eigenvalue weighted by atomic mass is 32.2. The van der Waals surface area contributed by atoms with Gasteiger partial charge in [0.25, 0.3) is 0 Å². The minimum atomic E-state index is -0.188. The molecule has 0 aliphatic carbocycles. The lowest BCUT2D eigenvalue weighted by Gasteiger charge is -2.23. The van der Waals surface area contributed by atoms with Gasteiger partial charge in [-0.15, -0.1) is 6.58 Å². The zero-order chi connectivity index (χ0) is 15.7. The summed E-state index contributed by atoms with van der Waals surface area (Å²) in [6.45, 7) is 10.2.